The number of likely N-dealkylation sites (N-methyl/N-ethyl adjacent to an activating group) is 1. The Kier molecular flexibility index (Phi) is 10.9. The van der Waals surface area contributed by atoms with Crippen molar-refractivity contribution in [2.24, 2.45) is 0 Å². The van der Waals surface area contributed by atoms with E-state index in [1.54, 1.807) is 29.2 Å². The molecular formula is C30H36ClN3O4S. The Hall–Kier alpha value is -3.36. The van der Waals surface area contributed by atoms with Crippen molar-refractivity contribution >= 4 is 39.1 Å². The van der Waals surface area contributed by atoms with Crippen LogP contribution in [0.15, 0.2) is 78.9 Å². The molecule has 0 heterocycles. The number of nitrogens with zero attached hydrogens (tertiary/aromatic N) is 2. The van der Waals surface area contributed by atoms with Gasteiger partial charge in [0.25, 0.3) is 0 Å². The molecule has 3 aromatic carbocycles. The maximum Gasteiger partial charge on any atom is 0.243 e. The second-order valence-electron chi connectivity index (χ2n) is 9.52. The van der Waals surface area contributed by atoms with Gasteiger partial charge in [-0.3, -0.25) is 13.9 Å². The van der Waals surface area contributed by atoms with E-state index >= 15 is 0 Å². The van der Waals surface area contributed by atoms with Crippen LogP contribution >= 0.6 is 11.6 Å². The van der Waals surface area contributed by atoms with E-state index in [1.807, 2.05) is 68.4 Å². The lowest BCUT2D eigenvalue weighted by atomic mass is 10.0. The molecule has 7 nitrogen and oxygen atoms in total. The molecule has 0 bridgehead atoms. The molecule has 0 aliphatic heterocycles. The molecule has 3 rings (SSSR count). The summed E-state index contributed by atoms with van der Waals surface area (Å²) < 4.78 is 26.3. The van der Waals surface area contributed by atoms with Gasteiger partial charge in [-0.1, -0.05) is 71.8 Å². The highest BCUT2D eigenvalue weighted by molar-refractivity contribution is 7.92. The number of aryl methyl sites for hydroxylation is 1. The van der Waals surface area contributed by atoms with Crippen molar-refractivity contribution in [3.8, 4) is 0 Å². The first-order valence-electron chi connectivity index (χ1n) is 13.0. The normalized spacial score (nSPS) is 12.0. The van der Waals surface area contributed by atoms with Gasteiger partial charge in [0.1, 0.15) is 6.04 Å². The van der Waals surface area contributed by atoms with Crippen molar-refractivity contribution in [2.75, 3.05) is 23.7 Å². The lowest BCUT2D eigenvalue weighted by Gasteiger charge is -2.32. The van der Waals surface area contributed by atoms with E-state index < -0.39 is 16.1 Å². The Morgan fingerprint density at radius 3 is 2.15 bits per heavy atom. The van der Waals surface area contributed by atoms with Gasteiger partial charge in [0, 0.05) is 37.5 Å². The van der Waals surface area contributed by atoms with Gasteiger partial charge in [-0.05, 0) is 55.7 Å². The van der Waals surface area contributed by atoms with Gasteiger partial charge in [0.2, 0.25) is 21.8 Å². The SMILES string of the molecule is CCNC(=O)[C@@H](Cc1ccccc1)N(Cc1ccc(C)cc1)C(=O)CCCN(c1ccc(Cl)cc1)S(C)(=O)=O. The van der Waals surface area contributed by atoms with Crippen LogP contribution in [0.5, 0.6) is 0 Å². The number of anilines is 1. The summed E-state index contributed by atoms with van der Waals surface area (Å²) in [4.78, 5) is 28.6. The molecular weight excluding hydrogens is 534 g/mol. The molecule has 0 spiro atoms. The Morgan fingerprint density at radius 2 is 1.56 bits per heavy atom. The molecule has 1 N–H and O–H groups in total. The van der Waals surface area contributed by atoms with E-state index in [0.717, 1.165) is 22.9 Å². The lowest BCUT2D eigenvalue weighted by Crippen LogP contribution is -2.50. The summed E-state index contributed by atoms with van der Waals surface area (Å²) in [6.45, 7) is 4.67. The van der Waals surface area contributed by atoms with Gasteiger partial charge in [0.05, 0.1) is 11.9 Å². The van der Waals surface area contributed by atoms with Crippen LogP contribution in [0, 0.1) is 6.92 Å². The van der Waals surface area contributed by atoms with Gasteiger partial charge in [-0.25, -0.2) is 8.42 Å². The van der Waals surface area contributed by atoms with Crippen LogP contribution in [0.4, 0.5) is 5.69 Å². The number of halogens is 1. The van der Waals surface area contributed by atoms with Crippen molar-refractivity contribution in [3.05, 3.63) is 101 Å². The summed E-state index contributed by atoms with van der Waals surface area (Å²) in [7, 11) is -3.58. The van der Waals surface area contributed by atoms with Crippen LogP contribution in [-0.2, 0) is 32.6 Å². The third-order valence-electron chi connectivity index (χ3n) is 6.36. The first-order chi connectivity index (χ1) is 18.6. The average Bonchev–Trinajstić information content (AvgIpc) is 2.90. The first-order valence-corrected chi connectivity index (χ1v) is 15.2. The molecule has 0 aliphatic rings. The third kappa shape index (κ3) is 9.11. The Balaban J connectivity index is 1.85. The first kappa shape index (κ1) is 30.2. The predicted octanol–water partition coefficient (Wildman–Crippen LogP) is 4.97. The minimum atomic E-state index is -3.58. The summed E-state index contributed by atoms with van der Waals surface area (Å²) in [5.41, 5.74) is 3.44. The van der Waals surface area contributed by atoms with Crippen LogP contribution < -0.4 is 9.62 Å². The second kappa shape index (κ2) is 14.1. The number of nitrogens with one attached hydrogen (secondary N) is 1. The van der Waals surface area contributed by atoms with Crippen molar-refractivity contribution in [1.82, 2.24) is 10.2 Å². The predicted molar refractivity (Wildman–Crippen MR) is 157 cm³/mol. The largest absolute Gasteiger partial charge is 0.355 e. The smallest absolute Gasteiger partial charge is 0.243 e. The number of rotatable bonds is 13. The maximum absolute atomic E-state index is 13.7. The molecule has 0 saturated carbocycles. The molecule has 0 radical (unpaired) electrons. The number of carbonyl (C=O) groups excluding carboxylic acids is 2. The molecule has 3 aromatic rings. The van der Waals surface area contributed by atoms with Crippen LogP contribution in [0.2, 0.25) is 5.02 Å². The van der Waals surface area contributed by atoms with Gasteiger partial charge in [0.15, 0.2) is 0 Å². The number of carbonyl (C=O) groups is 2. The van der Waals surface area contributed by atoms with E-state index in [0.29, 0.717) is 23.7 Å². The van der Waals surface area contributed by atoms with Crippen LogP contribution in [0.25, 0.3) is 0 Å². The van der Waals surface area contributed by atoms with E-state index in [4.69, 9.17) is 11.6 Å². The van der Waals surface area contributed by atoms with E-state index in [1.165, 1.54) is 4.31 Å². The number of amides is 2. The minimum absolute atomic E-state index is 0.0795. The summed E-state index contributed by atoms with van der Waals surface area (Å²) in [5, 5.41) is 3.39. The zero-order valence-electron chi connectivity index (χ0n) is 22.6. The van der Waals surface area contributed by atoms with Crippen LogP contribution in [0.1, 0.15) is 36.5 Å². The summed E-state index contributed by atoms with van der Waals surface area (Å²) >= 11 is 5.97. The number of hydrogen-bond donors (Lipinski definition) is 1. The monoisotopic (exact) mass is 569 g/mol. The molecule has 0 saturated heterocycles. The molecule has 0 fully saturated rings. The van der Waals surface area contributed by atoms with Crippen molar-refractivity contribution in [1.29, 1.82) is 0 Å². The molecule has 208 valence electrons. The molecule has 39 heavy (non-hydrogen) atoms. The Morgan fingerprint density at radius 1 is 0.923 bits per heavy atom. The van der Waals surface area contributed by atoms with E-state index in [9.17, 15) is 18.0 Å². The molecule has 0 aromatic heterocycles. The number of hydrogen-bond acceptors (Lipinski definition) is 4. The fourth-order valence-electron chi connectivity index (χ4n) is 4.35. The van der Waals surface area contributed by atoms with E-state index in [2.05, 4.69) is 5.32 Å². The Bertz CT molecular complexity index is 1330. The zero-order valence-corrected chi connectivity index (χ0v) is 24.2. The quantitative estimate of drug-likeness (QED) is 0.315. The third-order valence-corrected chi connectivity index (χ3v) is 7.81. The number of sulfonamides is 1. The Labute approximate surface area is 236 Å². The fourth-order valence-corrected chi connectivity index (χ4v) is 5.44. The molecule has 2 amide bonds. The number of benzene rings is 3. The van der Waals surface area contributed by atoms with Crippen molar-refractivity contribution in [2.45, 2.75) is 45.7 Å². The van der Waals surface area contributed by atoms with Crippen LogP contribution in [0.3, 0.4) is 0 Å². The molecule has 1 atom stereocenters. The highest BCUT2D eigenvalue weighted by atomic mass is 35.5. The summed E-state index contributed by atoms with van der Waals surface area (Å²) in [6, 6.07) is 23.3. The second-order valence-corrected chi connectivity index (χ2v) is 11.9. The standard InChI is InChI=1S/C30H36ClN3O4S/c1-4-32-30(36)28(21-24-9-6-5-7-10-24)33(22-25-14-12-23(2)13-15-25)29(35)11-8-20-34(39(3,37)38)27-18-16-26(31)17-19-27/h5-7,9-10,12-19,28H,4,8,11,20-22H2,1-3H3,(H,32,36)/t28-/m1/s1. The van der Waals surface area contributed by atoms with Gasteiger partial charge < -0.3 is 10.2 Å². The highest BCUT2D eigenvalue weighted by Gasteiger charge is 2.30. The van der Waals surface area contributed by atoms with E-state index in [-0.39, 0.29) is 37.7 Å². The van der Waals surface area contributed by atoms with Gasteiger partial charge in [-0.15, -0.1) is 0 Å². The summed E-state index contributed by atoms with van der Waals surface area (Å²) in [5.74, 6) is -0.437. The highest BCUT2D eigenvalue weighted by Crippen LogP contribution is 2.22. The minimum Gasteiger partial charge on any atom is -0.355 e. The molecule has 9 heteroatoms. The van der Waals surface area contributed by atoms with Crippen molar-refractivity contribution in [3.63, 3.8) is 0 Å². The summed E-state index contributed by atoms with van der Waals surface area (Å²) in [6.07, 6.45) is 1.87. The maximum atomic E-state index is 13.7. The molecule has 0 aliphatic carbocycles. The van der Waals surface area contributed by atoms with Gasteiger partial charge >= 0.3 is 0 Å². The fraction of sp³-hybridized carbons (Fsp3) is 0.333. The van der Waals surface area contributed by atoms with Crippen LogP contribution in [-0.4, -0.2) is 50.5 Å². The van der Waals surface area contributed by atoms with Crippen molar-refractivity contribution < 1.29 is 18.0 Å². The molecule has 0 unspecified atom stereocenters. The zero-order chi connectivity index (χ0) is 28.4. The lowest BCUT2D eigenvalue weighted by molar-refractivity contribution is -0.141. The average molecular weight is 570 g/mol. The van der Waals surface area contributed by atoms with Gasteiger partial charge in [-0.2, -0.15) is 0 Å². The topological polar surface area (TPSA) is 86.8 Å².